The summed E-state index contributed by atoms with van der Waals surface area (Å²) >= 11 is 1.44. The highest BCUT2D eigenvalue weighted by Gasteiger charge is 2.11. The van der Waals surface area contributed by atoms with Gasteiger partial charge in [-0.15, -0.1) is 0 Å². The summed E-state index contributed by atoms with van der Waals surface area (Å²) in [4.78, 5) is 27.7. The molecule has 1 amide bonds. The molecule has 0 spiro atoms. The highest BCUT2D eigenvalue weighted by molar-refractivity contribution is 7.99. The minimum absolute atomic E-state index is 0.139. The SMILES string of the molecule is O=C(NN=Cc1ccc(Sc2cccc3cccnc23)o1)c1cccc([N+](=O)[O-])c1. The lowest BCUT2D eigenvalue weighted by molar-refractivity contribution is -0.384. The maximum absolute atomic E-state index is 12.1. The van der Waals surface area contributed by atoms with E-state index in [4.69, 9.17) is 4.42 Å². The van der Waals surface area contributed by atoms with E-state index in [1.807, 2.05) is 30.3 Å². The van der Waals surface area contributed by atoms with E-state index in [1.165, 1.54) is 42.2 Å². The van der Waals surface area contributed by atoms with Crippen LogP contribution in [0.4, 0.5) is 5.69 Å². The Labute approximate surface area is 174 Å². The van der Waals surface area contributed by atoms with Crippen LogP contribution in [0.1, 0.15) is 16.1 Å². The Morgan fingerprint density at radius 1 is 1.13 bits per heavy atom. The first kappa shape index (κ1) is 19.3. The molecule has 0 aliphatic carbocycles. The molecule has 1 N–H and O–H groups in total. The van der Waals surface area contributed by atoms with Crippen LogP contribution in [0, 0.1) is 10.1 Å². The summed E-state index contributed by atoms with van der Waals surface area (Å²) in [5.74, 6) is -0.108. The number of para-hydroxylation sites is 1. The van der Waals surface area contributed by atoms with Gasteiger partial charge in [0.2, 0.25) is 0 Å². The number of nitrogens with one attached hydrogen (secondary N) is 1. The first-order valence-corrected chi connectivity index (χ1v) is 9.61. The van der Waals surface area contributed by atoms with Crippen molar-refractivity contribution in [1.82, 2.24) is 10.4 Å². The summed E-state index contributed by atoms with van der Waals surface area (Å²) in [6.45, 7) is 0. The summed E-state index contributed by atoms with van der Waals surface area (Å²) in [5.41, 5.74) is 3.19. The molecule has 2 aromatic carbocycles. The summed E-state index contributed by atoms with van der Waals surface area (Å²) in [7, 11) is 0. The van der Waals surface area contributed by atoms with Gasteiger partial charge in [0.15, 0.2) is 5.09 Å². The van der Waals surface area contributed by atoms with E-state index < -0.39 is 10.8 Å². The molecule has 4 aromatic rings. The van der Waals surface area contributed by atoms with Crippen molar-refractivity contribution in [3.63, 3.8) is 0 Å². The van der Waals surface area contributed by atoms with Gasteiger partial charge in [0.1, 0.15) is 5.76 Å². The second-order valence-corrected chi connectivity index (χ2v) is 7.14. The number of rotatable bonds is 6. The zero-order chi connectivity index (χ0) is 20.9. The number of fused-ring (bicyclic) bond motifs is 1. The van der Waals surface area contributed by atoms with E-state index in [1.54, 1.807) is 18.3 Å². The molecule has 8 nitrogen and oxygen atoms in total. The van der Waals surface area contributed by atoms with Crippen LogP contribution in [-0.4, -0.2) is 22.0 Å². The zero-order valence-electron chi connectivity index (χ0n) is 15.4. The molecular formula is C21H14N4O4S. The Morgan fingerprint density at radius 2 is 1.97 bits per heavy atom. The van der Waals surface area contributed by atoms with Crippen LogP contribution < -0.4 is 5.43 Å². The molecule has 0 aliphatic rings. The van der Waals surface area contributed by atoms with Crippen LogP contribution in [0.15, 0.2) is 92.4 Å². The maximum atomic E-state index is 12.1. The third-order valence-corrected chi connectivity index (χ3v) is 5.06. The Morgan fingerprint density at radius 3 is 2.83 bits per heavy atom. The number of hydrogen-bond donors (Lipinski definition) is 1. The van der Waals surface area contributed by atoms with Gasteiger partial charge >= 0.3 is 0 Å². The van der Waals surface area contributed by atoms with Gasteiger partial charge in [-0.3, -0.25) is 19.9 Å². The number of hydrazone groups is 1. The van der Waals surface area contributed by atoms with Gasteiger partial charge in [-0.05, 0) is 42.1 Å². The van der Waals surface area contributed by atoms with Crippen LogP contribution in [0.3, 0.4) is 0 Å². The third kappa shape index (κ3) is 4.36. The lowest BCUT2D eigenvalue weighted by atomic mass is 10.2. The normalized spacial score (nSPS) is 11.1. The Bertz CT molecular complexity index is 1260. The molecule has 0 atom stereocenters. The van der Waals surface area contributed by atoms with Crippen molar-refractivity contribution in [2.45, 2.75) is 9.99 Å². The average molecular weight is 418 g/mol. The van der Waals surface area contributed by atoms with Crippen LogP contribution in [0.5, 0.6) is 0 Å². The third-order valence-electron chi connectivity index (χ3n) is 4.09. The summed E-state index contributed by atoms with van der Waals surface area (Å²) in [6, 6.07) is 18.7. The Balaban J connectivity index is 1.42. The molecule has 0 bridgehead atoms. The predicted octanol–water partition coefficient (Wildman–Crippen LogP) is 4.65. The fourth-order valence-electron chi connectivity index (χ4n) is 2.71. The first-order valence-electron chi connectivity index (χ1n) is 8.79. The molecule has 0 saturated heterocycles. The monoisotopic (exact) mass is 418 g/mol. The van der Waals surface area contributed by atoms with Crippen molar-refractivity contribution in [3.05, 3.63) is 94.4 Å². The number of nitro groups is 1. The lowest BCUT2D eigenvalue weighted by Crippen LogP contribution is -2.17. The standard InChI is InChI=1S/C21H14N4O4S/c26-21(15-5-1-7-16(12-15)25(27)28)24-23-13-17-9-10-19(29-17)30-18-8-2-4-14-6-3-11-22-20(14)18/h1-13H,(H,24,26). The van der Waals surface area contributed by atoms with Gasteiger partial charge in [-0.1, -0.05) is 24.3 Å². The number of nitrogens with zero attached hydrogens (tertiary/aromatic N) is 3. The molecule has 2 aromatic heterocycles. The van der Waals surface area contributed by atoms with Crippen molar-refractivity contribution >= 4 is 40.5 Å². The predicted molar refractivity (Wildman–Crippen MR) is 113 cm³/mol. The van der Waals surface area contributed by atoms with Gasteiger partial charge in [-0.25, -0.2) is 5.43 Å². The maximum Gasteiger partial charge on any atom is 0.271 e. The molecule has 0 radical (unpaired) electrons. The minimum atomic E-state index is -0.562. The first-order chi connectivity index (χ1) is 14.6. The molecule has 9 heteroatoms. The van der Waals surface area contributed by atoms with E-state index in [0.29, 0.717) is 10.9 Å². The Kier molecular flexibility index (Phi) is 5.53. The zero-order valence-corrected chi connectivity index (χ0v) is 16.2. The number of pyridine rings is 1. The van der Waals surface area contributed by atoms with Crippen molar-refractivity contribution < 1.29 is 14.1 Å². The fraction of sp³-hybridized carbons (Fsp3) is 0. The van der Waals surface area contributed by atoms with E-state index in [2.05, 4.69) is 15.5 Å². The average Bonchev–Trinajstić information content (AvgIpc) is 3.21. The largest absolute Gasteiger partial charge is 0.448 e. The molecule has 4 rings (SSSR count). The fourth-order valence-corrected chi connectivity index (χ4v) is 3.61. The summed E-state index contributed by atoms with van der Waals surface area (Å²) < 4.78 is 5.72. The van der Waals surface area contributed by atoms with Crippen molar-refractivity contribution in [3.8, 4) is 0 Å². The molecule has 148 valence electrons. The van der Waals surface area contributed by atoms with Gasteiger partial charge in [0, 0.05) is 34.2 Å². The molecular weight excluding hydrogens is 404 g/mol. The number of hydrogen-bond acceptors (Lipinski definition) is 7. The number of amides is 1. The van der Waals surface area contributed by atoms with E-state index >= 15 is 0 Å². The van der Waals surface area contributed by atoms with E-state index in [-0.39, 0.29) is 11.3 Å². The van der Waals surface area contributed by atoms with Crippen LogP contribution in [0.25, 0.3) is 10.9 Å². The van der Waals surface area contributed by atoms with Crippen LogP contribution in [-0.2, 0) is 0 Å². The van der Waals surface area contributed by atoms with Crippen molar-refractivity contribution in [2.75, 3.05) is 0 Å². The summed E-state index contributed by atoms with van der Waals surface area (Å²) in [6.07, 6.45) is 3.11. The number of benzene rings is 2. The second-order valence-electron chi connectivity index (χ2n) is 6.10. The number of carbonyl (C=O) groups excluding carboxylic acids is 1. The number of non-ortho nitro benzene ring substituents is 1. The summed E-state index contributed by atoms with van der Waals surface area (Å²) in [5, 5.41) is 16.4. The molecule has 30 heavy (non-hydrogen) atoms. The van der Waals surface area contributed by atoms with Gasteiger partial charge < -0.3 is 4.42 Å². The quantitative estimate of drug-likeness (QED) is 0.277. The van der Waals surface area contributed by atoms with Crippen molar-refractivity contribution in [2.24, 2.45) is 5.10 Å². The smallest absolute Gasteiger partial charge is 0.271 e. The van der Waals surface area contributed by atoms with Crippen LogP contribution in [0.2, 0.25) is 0 Å². The van der Waals surface area contributed by atoms with E-state index in [0.717, 1.165) is 15.8 Å². The van der Waals surface area contributed by atoms with Crippen LogP contribution >= 0.6 is 11.8 Å². The highest BCUT2D eigenvalue weighted by atomic mass is 32.2. The van der Waals surface area contributed by atoms with Crippen molar-refractivity contribution in [1.29, 1.82) is 0 Å². The Hall–Kier alpha value is -3.98. The number of carbonyl (C=O) groups is 1. The van der Waals surface area contributed by atoms with Gasteiger partial charge in [-0.2, -0.15) is 5.10 Å². The molecule has 0 saturated carbocycles. The number of nitro benzene ring substituents is 1. The highest BCUT2D eigenvalue weighted by Crippen LogP contribution is 2.33. The molecule has 2 heterocycles. The van der Waals surface area contributed by atoms with E-state index in [9.17, 15) is 14.9 Å². The molecule has 0 unspecified atom stereocenters. The topological polar surface area (TPSA) is 111 Å². The van der Waals surface area contributed by atoms with Gasteiger partial charge in [0.25, 0.3) is 11.6 Å². The second kappa shape index (κ2) is 8.58. The minimum Gasteiger partial charge on any atom is -0.448 e. The number of furan rings is 1. The number of aromatic nitrogens is 1. The molecule has 0 fully saturated rings. The van der Waals surface area contributed by atoms with Gasteiger partial charge in [0.05, 0.1) is 16.7 Å². The lowest BCUT2D eigenvalue weighted by Gasteiger charge is -2.02. The molecule has 0 aliphatic heterocycles.